The van der Waals surface area contributed by atoms with Gasteiger partial charge in [-0.1, -0.05) is 12.1 Å². The van der Waals surface area contributed by atoms with Crippen LogP contribution in [0, 0.1) is 0 Å². The molecule has 0 bridgehead atoms. The molecule has 4 atom stereocenters. The lowest BCUT2D eigenvalue weighted by atomic mass is 9.94. The summed E-state index contributed by atoms with van der Waals surface area (Å²) in [4.78, 5) is 12.2. The maximum Gasteiger partial charge on any atom is 0.326 e. The molecular formula is C12H13NO7. The van der Waals surface area contributed by atoms with Gasteiger partial charge in [0.15, 0.2) is 6.10 Å². The molecule has 20 heavy (non-hydrogen) atoms. The molecule has 2 heterocycles. The number of carbonyl (C=O) groups is 1. The predicted molar refractivity (Wildman–Crippen MR) is 63.0 cm³/mol. The average Bonchev–Trinajstić information content (AvgIpc) is 2.46. The maximum absolute atomic E-state index is 12.2. The van der Waals surface area contributed by atoms with E-state index in [1.54, 1.807) is 12.1 Å². The van der Waals surface area contributed by atoms with Gasteiger partial charge in [0.1, 0.15) is 23.6 Å². The zero-order valence-corrected chi connectivity index (χ0v) is 10.2. The lowest BCUT2D eigenvalue weighted by Crippen LogP contribution is -2.71. The van der Waals surface area contributed by atoms with Crippen LogP contribution >= 0.6 is 0 Å². The molecule has 4 N–H and O–H groups in total. The number of carbonyl (C=O) groups excluding carboxylic acids is 1. The van der Waals surface area contributed by atoms with Gasteiger partial charge in [0.05, 0.1) is 6.61 Å². The van der Waals surface area contributed by atoms with E-state index in [9.17, 15) is 25.3 Å². The number of aliphatic hydroxyl groups is 3. The van der Waals surface area contributed by atoms with Gasteiger partial charge in [0, 0.05) is 0 Å². The zero-order chi connectivity index (χ0) is 14.5. The third-order valence-corrected chi connectivity index (χ3v) is 3.42. The molecular weight excluding hydrogens is 270 g/mol. The minimum atomic E-state index is -2.28. The van der Waals surface area contributed by atoms with Crippen molar-refractivity contribution < 1.29 is 34.8 Å². The summed E-state index contributed by atoms with van der Waals surface area (Å²) < 4.78 is 10.5. The number of aliphatic hydroxyl groups excluding tert-OH is 3. The van der Waals surface area contributed by atoms with E-state index in [1.807, 2.05) is 0 Å². The van der Waals surface area contributed by atoms with Gasteiger partial charge in [-0.05, 0) is 12.1 Å². The van der Waals surface area contributed by atoms with E-state index in [-0.39, 0.29) is 11.4 Å². The van der Waals surface area contributed by atoms with Crippen molar-refractivity contribution in [3.05, 3.63) is 24.3 Å². The monoisotopic (exact) mass is 283 g/mol. The van der Waals surface area contributed by atoms with E-state index in [1.165, 1.54) is 12.1 Å². The van der Waals surface area contributed by atoms with Crippen LogP contribution in [0.5, 0.6) is 5.75 Å². The molecule has 1 aromatic carbocycles. The number of anilines is 1. The standard InChI is InChI=1S/C12H13NO7/c14-7-5-19-12(10(16)9(7)15)11(17)13(18)6-3-1-2-4-8(6)20-12/h1-4,7,9-10,14-16,18H,5H2/t7-,9-,10+,12+/m1/s1. The van der Waals surface area contributed by atoms with Gasteiger partial charge in [-0.25, -0.2) is 0 Å². The van der Waals surface area contributed by atoms with E-state index in [4.69, 9.17) is 9.47 Å². The maximum atomic E-state index is 12.2. The SMILES string of the molecule is O=C1N(O)c2ccccc2O[C@]12OC[C@@H](O)[C@@H](O)[C@@H]2O. The van der Waals surface area contributed by atoms with Crippen LogP contribution in [0.4, 0.5) is 5.69 Å². The first-order valence-electron chi connectivity index (χ1n) is 5.97. The number of benzene rings is 1. The van der Waals surface area contributed by atoms with Crippen molar-refractivity contribution >= 4 is 11.6 Å². The molecule has 108 valence electrons. The molecule has 3 rings (SSSR count). The number of nitrogens with zero attached hydrogens (tertiary/aromatic N) is 1. The van der Waals surface area contributed by atoms with E-state index in [0.29, 0.717) is 5.06 Å². The van der Waals surface area contributed by atoms with Crippen molar-refractivity contribution in [2.45, 2.75) is 24.1 Å². The van der Waals surface area contributed by atoms with Gasteiger partial charge < -0.3 is 24.8 Å². The number of fused-ring (bicyclic) bond motifs is 1. The summed E-state index contributed by atoms with van der Waals surface area (Å²) in [5, 5.41) is 39.3. The highest BCUT2D eigenvalue weighted by Crippen LogP contribution is 2.40. The summed E-state index contributed by atoms with van der Waals surface area (Å²) in [5.74, 6) is -3.24. The molecule has 2 aliphatic rings. The summed E-state index contributed by atoms with van der Waals surface area (Å²) >= 11 is 0. The second-order valence-corrected chi connectivity index (χ2v) is 4.67. The summed E-state index contributed by atoms with van der Waals surface area (Å²) in [5.41, 5.74) is 0.0968. The van der Waals surface area contributed by atoms with Crippen LogP contribution in [-0.4, -0.2) is 57.1 Å². The molecule has 1 aromatic rings. The van der Waals surface area contributed by atoms with Crippen molar-refractivity contribution in [2.24, 2.45) is 0 Å². The summed E-state index contributed by atoms with van der Waals surface area (Å²) in [6.45, 7) is -0.417. The van der Waals surface area contributed by atoms with Crippen LogP contribution < -0.4 is 9.80 Å². The summed E-state index contributed by atoms with van der Waals surface area (Å²) in [7, 11) is 0. The van der Waals surface area contributed by atoms with Crippen LogP contribution in [0.2, 0.25) is 0 Å². The molecule has 8 heteroatoms. The molecule has 0 aromatic heterocycles. The number of para-hydroxylation sites is 2. The summed E-state index contributed by atoms with van der Waals surface area (Å²) in [6.07, 6.45) is -4.83. The van der Waals surface area contributed by atoms with Crippen molar-refractivity contribution in [3.63, 3.8) is 0 Å². The molecule has 2 aliphatic heterocycles. The predicted octanol–water partition coefficient (Wildman–Crippen LogP) is -1.39. The average molecular weight is 283 g/mol. The van der Waals surface area contributed by atoms with Crippen molar-refractivity contribution in [1.82, 2.24) is 0 Å². The van der Waals surface area contributed by atoms with Crippen LogP contribution in [-0.2, 0) is 9.53 Å². The third-order valence-electron chi connectivity index (χ3n) is 3.42. The van der Waals surface area contributed by atoms with Crippen LogP contribution in [0.3, 0.4) is 0 Å². The number of hydrogen-bond donors (Lipinski definition) is 4. The molecule has 0 saturated carbocycles. The lowest BCUT2D eigenvalue weighted by molar-refractivity contribution is -0.295. The Kier molecular flexibility index (Phi) is 2.92. The van der Waals surface area contributed by atoms with E-state index in [2.05, 4.69) is 0 Å². The van der Waals surface area contributed by atoms with Crippen LogP contribution in [0.1, 0.15) is 0 Å². The molecule has 8 nitrogen and oxygen atoms in total. The zero-order valence-electron chi connectivity index (χ0n) is 10.2. The van der Waals surface area contributed by atoms with Gasteiger partial charge >= 0.3 is 11.7 Å². The topological polar surface area (TPSA) is 120 Å². The van der Waals surface area contributed by atoms with Crippen molar-refractivity contribution in [3.8, 4) is 5.75 Å². The van der Waals surface area contributed by atoms with Gasteiger partial charge in [0.2, 0.25) is 0 Å². The van der Waals surface area contributed by atoms with E-state index in [0.717, 1.165) is 0 Å². The first kappa shape index (κ1) is 13.3. The first-order valence-corrected chi connectivity index (χ1v) is 5.97. The van der Waals surface area contributed by atoms with Gasteiger partial charge in [-0.2, -0.15) is 5.06 Å². The Bertz CT molecular complexity index is 550. The van der Waals surface area contributed by atoms with Crippen LogP contribution in [0.25, 0.3) is 0 Å². The van der Waals surface area contributed by atoms with E-state index >= 15 is 0 Å². The molecule has 0 unspecified atom stereocenters. The number of rotatable bonds is 0. The van der Waals surface area contributed by atoms with Gasteiger partial charge in [-0.15, -0.1) is 0 Å². The molecule has 0 radical (unpaired) electrons. The Morgan fingerprint density at radius 2 is 1.95 bits per heavy atom. The fourth-order valence-electron chi connectivity index (χ4n) is 2.29. The quantitative estimate of drug-likeness (QED) is 0.433. The molecule has 1 fully saturated rings. The Hall–Kier alpha value is -1.71. The minimum Gasteiger partial charge on any atom is -0.448 e. The first-order chi connectivity index (χ1) is 9.47. The van der Waals surface area contributed by atoms with Crippen molar-refractivity contribution in [2.75, 3.05) is 11.7 Å². The third kappa shape index (κ3) is 1.63. The molecule has 1 spiro atoms. The smallest absolute Gasteiger partial charge is 0.326 e. The Balaban J connectivity index is 2.05. The second-order valence-electron chi connectivity index (χ2n) is 4.67. The molecule has 1 amide bonds. The van der Waals surface area contributed by atoms with Gasteiger partial charge in [0.25, 0.3) is 0 Å². The molecule has 1 saturated heterocycles. The number of hydrogen-bond acceptors (Lipinski definition) is 7. The number of hydroxylamine groups is 1. The molecule has 0 aliphatic carbocycles. The Morgan fingerprint density at radius 3 is 2.70 bits per heavy atom. The Labute approximate surface area is 113 Å². The Morgan fingerprint density at radius 1 is 1.25 bits per heavy atom. The highest BCUT2D eigenvalue weighted by atomic mass is 16.7. The summed E-state index contributed by atoms with van der Waals surface area (Å²) in [6, 6.07) is 6.12. The van der Waals surface area contributed by atoms with E-state index < -0.39 is 36.6 Å². The minimum absolute atomic E-state index is 0.0968. The number of ether oxygens (including phenoxy) is 2. The van der Waals surface area contributed by atoms with Gasteiger partial charge in [-0.3, -0.25) is 10.0 Å². The largest absolute Gasteiger partial charge is 0.448 e. The normalized spacial score (nSPS) is 36.7. The highest BCUT2D eigenvalue weighted by Gasteiger charge is 2.61. The number of amides is 1. The second kappa shape index (κ2) is 4.40. The van der Waals surface area contributed by atoms with Crippen molar-refractivity contribution in [1.29, 1.82) is 0 Å². The fourth-order valence-corrected chi connectivity index (χ4v) is 2.29. The fraction of sp³-hybridized carbons (Fsp3) is 0.417. The van der Waals surface area contributed by atoms with Crippen LogP contribution in [0.15, 0.2) is 24.3 Å². The lowest BCUT2D eigenvalue weighted by Gasteiger charge is -2.46. The highest BCUT2D eigenvalue weighted by molar-refractivity contribution is 6.00.